The SMILES string of the molecule is Cl.NCC(CCc1ccccc1)Oc1cccc2ccoc12. The van der Waals surface area contributed by atoms with Crippen LogP contribution in [0.5, 0.6) is 5.75 Å². The molecule has 0 spiro atoms. The minimum absolute atomic E-state index is 0. The van der Waals surface area contributed by atoms with Crippen LogP contribution in [0, 0.1) is 0 Å². The highest BCUT2D eigenvalue weighted by atomic mass is 35.5. The minimum atomic E-state index is -0.0130. The van der Waals surface area contributed by atoms with E-state index in [4.69, 9.17) is 14.9 Å². The van der Waals surface area contributed by atoms with Crippen molar-refractivity contribution in [2.45, 2.75) is 18.9 Å². The Morgan fingerprint density at radius 1 is 1.00 bits per heavy atom. The molecule has 3 rings (SSSR count). The molecule has 1 aromatic heterocycles. The average molecular weight is 318 g/mol. The molecule has 1 heterocycles. The lowest BCUT2D eigenvalue weighted by atomic mass is 10.1. The van der Waals surface area contributed by atoms with Crippen LogP contribution in [0.25, 0.3) is 11.0 Å². The van der Waals surface area contributed by atoms with Crippen molar-refractivity contribution < 1.29 is 9.15 Å². The number of ether oxygens (including phenoxy) is 1. The van der Waals surface area contributed by atoms with Crippen molar-refractivity contribution in [2.24, 2.45) is 5.73 Å². The van der Waals surface area contributed by atoms with Crippen molar-refractivity contribution in [1.29, 1.82) is 0 Å². The van der Waals surface area contributed by atoms with Crippen LogP contribution in [0.2, 0.25) is 0 Å². The van der Waals surface area contributed by atoms with Gasteiger partial charge in [0.2, 0.25) is 0 Å². The van der Waals surface area contributed by atoms with E-state index in [0.29, 0.717) is 6.54 Å². The number of benzene rings is 2. The number of hydrogen-bond donors (Lipinski definition) is 1. The molecule has 2 aromatic carbocycles. The van der Waals surface area contributed by atoms with E-state index in [1.54, 1.807) is 6.26 Å². The van der Waals surface area contributed by atoms with Gasteiger partial charge >= 0.3 is 0 Å². The summed E-state index contributed by atoms with van der Waals surface area (Å²) in [5, 5.41) is 1.05. The monoisotopic (exact) mass is 317 g/mol. The second-order valence-electron chi connectivity index (χ2n) is 5.09. The maximum Gasteiger partial charge on any atom is 0.175 e. The lowest BCUT2D eigenvalue weighted by Crippen LogP contribution is -2.27. The summed E-state index contributed by atoms with van der Waals surface area (Å²) >= 11 is 0. The zero-order valence-electron chi connectivity index (χ0n) is 12.3. The number of hydrogen-bond acceptors (Lipinski definition) is 3. The summed E-state index contributed by atoms with van der Waals surface area (Å²) in [5.74, 6) is 0.765. The van der Waals surface area contributed by atoms with Gasteiger partial charge in [0, 0.05) is 11.9 Å². The molecule has 1 atom stereocenters. The second kappa shape index (κ2) is 7.87. The quantitative estimate of drug-likeness (QED) is 0.741. The second-order valence-corrected chi connectivity index (χ2v) is 5.09. The Labute approximate surface area is 136 Å². The van der Waals surface area contributed by atoms with Gasteiger partial charge in [0.15, 0.2) is 11.3 Å². The van der Waals surface area contributed by atoms with Crippen molar-refractivity contribution >= 4 is 23.4 Å². The number of rotatable bonds is 6. The molecule has 0 bridgehead atoms. The first kappa shape index (κ1) is 16.4. The van der Waals surface area contributed by atoms with Crippen molar-refractivity contribution in [3.63, 3.8) is 0 Å². The Balaban J connectivity index is 0.00000176. The molecule has 116 valence electrons. The number of furan rings is 1. The highest BCUT2D eigenvalue weighted by molar-refractivity contribution is 5.85. The van der Waals surface area contributed by atoms with Gasteiger partial charge in [-0.25, -0.2) is 0 Å². The molecule has 4 heteroatoms. The molecule has 0 aliphatic rings. The maximum atomic E-state index is 6.04. The normalized spacial score (nSPS) is 11.9. The first-order valence-corrected chi connectivity index (χ1v) is 7.23. The molecular weight excluding hydrogens is 298 g/mol. The highest BCUT2D eigenvalue weighted by Crippen LogP contribution is 2.27. The standard InChI is InChI=1S/C18H19NO2.ClH/c19-13-16(10-9-14-5-2-1-3-6-14)21-17-8-4-7-15-11-12-20-18(15)17;/h1-8,11-12,16H,9-10,13,19H2;1H. The first-order valence-electron chi connectivity index (χ1n) is 7.23. The van der Waals surface area contributed by atoms with Crippen LogP contribution in [-0.2, 0) is 6.42 Å². The third kappa shape index (κ3) is 3.81. The number of aryl methyl sites for hydroxylation is 1. The molecule has 3 nitrogen and oxygen atoms in total. The molecule has 22 heavy (non-hydrogen) atoms. The van der Waals surface area contributed by atoms with E-state index in [1.807, 2.05) is 30.3 Å². The number of nitrogens with two attached hydrogens (primary N) is 1. The zero-order valence-corrected chi connectivity index (χ0v) is 13.1. The summed E-state index contributed by atoms with van der Waals surface area (Å²) in [6, 6.07) is 18.2. The lowest BCUT2D eigenvalue weighted by Gasteiger charge is -2.17. The summed E-state index contributed by atoms with van der Waals surface area (Å²) in [7, 11) is 0. The van der Waals surface area contributed by atoms with Crippen LogP contribution in [0.4, 0.5) is 0 Å². The van der Waals surface area contributed by atoms with Crippen molar-refractivity contribution in [3.8, 4) is 5.75 Å². The van der Waals surface area contributed by atoms with Gasteiger partial charge in [-0.15, -0.1) is 12.4 Å². The summed E-state index contributed by atoms with van der Waals surface area (Å²) in [4.78, 5) is 0. The van der Waals surface area contributed by atoms with Gasteiger partial charge in [-0.2, -0.15) is 0 Å². The Bertz CT molecular complexity index is 696. The van der Waals surface area contributed by atoms with E-state index in [0.717, 1.165) is 29.6 Å². The molecule has 0 radical (unpaired) electrons. The summed E-state index contributed by atoms with van der Waals surface area (Å²) in [6.07, 6.45) is 3.51. The molecule has 0 saturated carbocycles. The first-order chi connectivity index (χ1) is 10.4. The smallest absolute Gasteiger partial charge is 0.175 e. The Hall–Kier alpha value is -1.97. The van der Waals surface area contributed by atoms with Gasteiger partial charge in [-0.1, -0.05) is 42.5 Å². The van der Waals surface area contributed by atoms with Crippen molar-refractivity contribution in [3.05, 3.63) is 66.4 Å². The number of halogens is 1. The van der Waals surface area contributed by atoms with Gasteiger partial charge in [-0.3, -0.25) is 0 Å². The van der Waals surface area contributed by atoms with Crippen molar-refractivity contribution in [2.75, 3.05) is 6.54 Å². The van der Waals surface area contributed by atoms with E-state index < -0.39 is 0 Å². The van der Waals surface area contributed by atoms with Crippen LogP contribution in [0.3, 0.4) is 0 Å². The van der Waals surface area contributed by atoms with Crippen LogP contribution < -0.4 is 10.5 Å². The van der Waals surface area contributed by atoms with Crippen LogP contribution in [-0.4, -0.2) is 12.6 Å². The predicted molar refractivity (Wildman–Crippen MR) is 91.7 cm³/mol. The van der Waals surface area contributed by atoms with Crippen molar-refractivity contribution in [1.82, 2.24) is 0 Å². The number of fused-ring (bicyclic) bond motifs is 1. The van der Waals surface area contributed by atoms with Gasteiger partial charge < -0.3 is 14.9 Å². The maximum absolute atomic E-state index is 6.04. The highest BCUT2D eigenvalue weighted by Gasteiger charge is 2.12. The van der Waals surface area contributed by atoms with Gasteiger partial charge in [-0.05, 0) is 30.5 Å². The van der Waals surface area contributed by atoms with E-state index >= 15 is 0 Å². The van der Waals surface area contributed by atoms with E-state index in [9.17, 15) is 0 Å². The minimum Gasteiger partial charge on any atom is -0.485 e. The largest absolute Gasteiger partial charge is 0.485 e. The topological polar surface area (TPSA) is 48.4 Å². The molecule has 0 saturated heterocycles. The molecule has 0 amide bonds. The average Bonchev–Trinajstić information content (AvgIpc) is 3.02. The summed E-state index contributed by atoms with van der Waals surface area (Å²) in [5.41, 5.74) is 7.94. The zero-order chi connectivity index (χ0) is 14.5. The van der Waals surface area contributed by atoms with E-state index in [1.165, 1.54) is 5.56 Å². The molecule has 0 aliphatic carbocycles. The van der Waals surface area contributed by atoms with Gasteiger partial charge in [0.1, 0.15) is 6.10 Å². The Morgan fingerprint density at radius 2 is 1.82 bits per heavy atom. The molecule has 2 N–H and O–H groups in total. The van der Waals surface area contributed by atoms with E-state index in [-0.39, 0.29) is 18.5 Å². The Morgan fingerprint density at radius 3 is 2.59 bits per heavy atom. The molecule has 1 unspecified atom stereocenters. The Kier molecular flexibility index (Phi) is 5.87. The fraction of sp³-hybridized carbons (Fsp3) is 0.222. The predicted octanol–water partition coefficient (Wildman–Crippen LogP) is 4.19. The summed E-state index contributed by atoms with van der Waals surface area (Å²) < 4.78 is 11.5. The van der Waals surface area contributed by atoms with Crippen LogP contribution in [0.1, 0.15) is 12.0 Å². The van der Waals surface area contributed by atoms with E-state index in [2.05, 4.69) is 24.3 Å². The summed E-state index contributed by atoms with van der Waals surface area (Å²) in [6.45, 7) is 0.490. The van der Waals surface area contributed by atoms with Gasteiger partial charge in [0.25, 0.3) is 0 Å². The lowest BCUT2D eigenvalue weighted by molar-refractivity contribution is 0.199. The molecule has 3 aromatic rings. The fourth-order valence-corrected chi connectivity index (χ4v) is 2.44. The van der Waals surface area contributed by atoms with Crippen LogP contribution >= 0.6 is 12.4 Å². The van der Waals surface area contributed by atoms with Crippen LogP contribution in [0.15, 0.2) is 65.3 Å². The van der Waals surface area contributed by atoms with Gasteiger partial charge in [0.05, 0.1) is 6.26 Å². The number of para-hydroxylation sites is 1. The molecule has 0 aliphatic heterocycles. The molecule has 0 fully saturated rings. The third-order valence-corrected chi connectivity index (χ3v) is 3.60. The third-order valence-electron chi connectivity index (χ3n) is 3.60. The molecular formula is C18H20ClNO2. The fourth-order valence-electron chi connectivity index (χ4n) is 2.44.